The molecule has 0 bridgehead atoms. The summed E-state index contributed by atoms with van der Waals surface area (Å²) in [6.07, 6.45) is 5.95. The van der Waals surface area contributed by atoms with E-state index in [1.54, 1.807) is 40.7 Å². The summed E-state index contributed by atoms with van der Waals surface area (Å²) < 4.78 is 28.8. The zero-order chi connectivity index (χ0) is 23.4. The van der Waals surface area contributed by atoms with Crippen LogP contribution in [0.2, 0.25) is 0 Å². The zero-order valence-corrected chi connectivity index (χ0v) is 19.9. The fourth-order valence-electron chi connectivity index (χ4n) is 4.49. The van der Waals surface area contributed by atoms with E-state index in [9.17, 15) is 18.0 Å². The molecule has 2 aliphatic rings. The van der Waals surface area contributed by atoms with E-state index in [0.29, 0.717) is 35.6 Å². The van der Waals surface area contributed by atoms with Crippen molar-refractivity contribution in [3.05, 3.63) is 53.6 Å². The fourth-order valence-corrected chi connectivity index (χ4v) is 6.25. The van der Waals surface area contributed by atoms with Crippen LogP contribution in [0.4, 0.5) is 11.4 Å². The predicted octanol–water partition coefficient (Wildman–Crippen LogP) is 4.31. The number of carbonyl (C=O) groups is 2. The largest absolute Gasteiger partial charge is 0.370 e. The van der Waals surface area contributed by atoms with Crippen molar-refractivity contribution < 1.29 is 18.0 Å². The van der Waals surface area contributed by atoms with Gasteiger partial charge in [0, 0.05) is 43.0 Å². The van der Waals surface area contributed by atoms with Crippen LogP contribution in [0.15, 0.2) is 47.4 Å². The van der Waals surface area contributed by atoms with E-state index in [-0.39, 0.29) is 16.6 Å². The average molecular weight is 470 g/mol. The lowest BCUT2D eigenvalue weighted by Crippen LogP contribution is -2.37. The van der Waals surface area contributed by atoms with Gasteiger partial charge >= 0.3 is 0 Å². The van der Waals surface area contributed by atoms with Gasteiger partial charge in [-0.25, -0.2) is 8.42 Å². The van der Waals surface area contributed by atoms with Crippen LogP contribution in [0.5, 0.6) is 0 Å². The molecule has 8 heteroatoms. The number of sulfonamides is 1. The first kappa shape index (κ1) is 23.4. The quantitative estimate of drug-likeness (QED) is 0.637. The van der Waals surface area contributed by atoms with Crippen LogP contribution in [0.1, 0.15) is 66.2 Å². The molecule has 0 aliphatic carbocycles. The maximum absolute atomic E-state index is 13.6. The van der Waals surface area contributed by atoms with Crippen LogP contribution in [0, 0.1) is 0 Å². The Labute approximate surface area is 195 Å². The summed E-state index contributed by atoms with van der Waals surface area (Å²) in [5.41, 5.74) is 2.09. The first-order valence-electron chi connectivity index (χ1n) is 11.7. The highest BCUT2D eigenvalue weighted by molar-refractivity contribution is 7.89. The molecule has 1 N–H and O–H groups in total. The van der Waals surface area contributed by atoms with Gasteiger partial charge in [-0.3, -0.25) is 9.59 Å². The van der Waals surface area contributed by atoms with Crippen molar-refractivity contribution in [1.29, 1.82) is 0 Å². The first-order valence-corrected chi connectivity index (χ1v) is 13.1. The first-order chi connectivity index (χ1) is 15.9. The van der Waals surface area contributed by atoms with Gasteiger partial charge in [-0.05, 0) is 81.5 Å². The van der Waals surface area contributed by atoms with Gasteiger partial charge in [0.2, 0.25) is 10.0 Å². The Morgan fingerprint density at radius 2 is 1.36 bits per heavy atom. The van der Waals surface area contributed by atoms with Crippen molar-refractivity contribution in [2.75, 3.05) is 36.4 Å². The SMILES string of the molecule is CC(=O)c1ccc(NC(=O)c2ccc(N3CCCCC3)c(S(=O)(=O)N3CCCCC3)c2)cc1. The maximum atomic E-state index is 13.6. The monoisotopic (exact) mass is 469 g/mol. The minimum absolute atomic E-state index is 0.0475. The van der Waals surface area contributed by atoms with E-state index in [2.05, 4.69) is 10.2 Å². The van der Waals surface area contributed by atoms with Gasteiger partial charge in [0.25, 0.3) is 5.91 Å². The van der Waals surface area contributed by atoms with E-state index in [1.165, 1.54) is 13.0 Å². The molecule has 7 nitrogen and oxygen atoms in total. The van der Waals surface area contributed by atoms with Gasteiger partial charge in [-0.2, -0.15) is 4.31 Å². The smallest absolute Gasteiger partial charge is 0.255 e. The number of hydrogen-bond donors (Lipinski definition) is 1. The number of anilines is 2. The lowest BCUT2D eigenvalue weighted by molar-refractivity contribution is 0.101. The van der Waals surface area contributed by atoms with Crippen LogP contribution in [0.25, 0.3) is 0 Å². The van der Waals surface area contributed by atoms with Crippen molar-refractivity contribution in [2.45, 2.75) is 50.3 Å². The minimum atomic E-state index is -3.71. The molecule has 2 aromatic carbocycles. The van der Waals surface area contributed by atoms with Crippen molar-refractivity contribution in [3.8, 4) is 0 Å². The Kier molecular flexibility index (Phi) is 7.14. The number of hydrogen-bond acceptors (Lipinski definition) is 5. The van der Waals surface area contributed by atoms with Gasteiger partial charge in [0.05, 0.1) is 5.69 Å². The maximum Gasteiger partial charge on any atom is 0.255 e. The number of benzene rings is 2. The highest BCUT2D eigenvalue weighted by atomic mass is 32.2. The second kappa shape index (κ2) is 10.1. The van der Waals surface area contributed by atoms with Crippen LogP contribution in [-0.2, 0) is 10.0 Å². The summed E-state index contributed by atoms with van der Waals surface area (Å²) in [4.78, 5) is 26.8. The molecule has 4 rings (SSSR count). The topological polar surface area (TPSA) is 86.8 Å². The molecule has 0 saturated carbocycles. The predicted molar refractivity (Wildman–Crippen MR) is 130 cm³/mol. The molecule has 33 heavy (non-hydrogen) atoms. The Bertz CT molecular complexity index is 1120. The van der Waals surface area contributed by atoms with Crippen LogP contribution in [0.3, 0.4) is 0 Å². The number of rotatable bonds is 6. The van der Waals surface area contributed by atoms with E-state index < -0.39 is 10.0 Å². The van der Waals surface area contributed by atoms with Crippen molar-refractivity contribution >= 4 is 33.1 Å². The molecular weight excluding hydrogens is 438 g/mol. The fraction of sp³-hybridized carbons (Fsp3) is 0.440. The van der Waals surface area contributed by atoms with E-state index in [1.807, 2.05) is 0 Å². The van der Waals surface area contributed by atoms with Crippen molar-refractivity contribution in [1.82, 2.24) is 4.31 Å². The third kappa shape index (κ3) is 5.28. The Morgan fingerprint density at radius 1 is 0.788 bits per heavy atom. The highest BCUT2D eigenvalue weighted by Crippen LogP contribution is 2.32. The molecular formula is C25H31N3O4S. The molecule has 2 fully saturated rings. The van der Waals surface area contributed by atoms with E-state index in [0.717, 1.165) is 51.6 Å². The molecule has 0 unspecified atom stereocenters. The Hall–Kier alpha value is -2.71. The Balaban J connectivity index is 1.65. The molecule has 1 amide bonds. The van der Waals surface area contributed by atoms with Crippen LogP contribution < -0.4 is 10.2 Å². The molecule has 2 heterocycles. The number of piperidine rings is 2. The molecule has 2 aliphatic heterocycles. The molecule has 0 radical (unpaired) electrons. The second-order valence-electron chi connectivity index (χ2n) is 8.78. The molecule has 0 aromatic heterocycles. The summed E-state index contributed by atoms with van der Waals surface area (Å²) in [5.74, 6) is -0.431. The van der Waals surface area contributed by atoms with Gasteiger partial charge < -0.3 is 10.2 Å². The van der Waals surface area contributed by atoms with Gasteiger partial charge in [0.1, 0.15) is 4.90 Å². The van der Waals surface area contributed by atoms with Crippen LogP contribution >= 0.6 is 0 Å². The van der Waals surface area contributed by atoms with Crippen molar-refractivity contribution in [3.63, 3.8) is 0 Å². The van der Waals surface area contributed by atoms with Crippen molar-refractivity contribution in [2.24, 2.45) is 0 Å². The summed E-state index contributed by atoms with van der Waals surface area (Å²) in [7, 11) is -3.71. The summed E-state index contributed by atoms with van der Waals surface area (Å²) in [6.45, 7) is 4.15. The summed E-state index contributed by atoms with van der Waals surface area (Å²) >= 11 is 0. The average Bonchev–Trinajstić information content (AvgIpc) is 2.85. The lowest BCUT2D eigenvalue weighted by Gasteiger charge is -2.33. The highest BCUT2D eigenvalue weighted by Gasteiger charge is 2.31. The molecule has 2 saturated heterocycles. The van der Waals surface area contributed by atoms with E-state index >= 15 is 0 Å². The molecule has 176 valence electrons. The number of amides is 1. The molecule has 0 atom stereocenters. The third-order valence-electron chi connectivity index (χ3n) is 6.40. The minimum Gasteiger partial charge on any atom is -0.370 e. The Morgan fingerprint density at radius 3 is 1.97 bits per heavy atom. The number of Topliss-reactive ketones (excluding diaryl/α,β-unsaturated/α-hetero) is 1. The lowest BCUT2D eigenvalue weighted by atomic mass is 10.1. The van der Waals surface area contributed by atoms with Crippen LogP contribution in [-0.4, -0.2) is 50.6 Å². The number of nitrogens with one attached hydrogen (secondary N) is 1. The normalized spacial score (nSPS) is 17.5. The molecule has 0 spiro atoms. The summed E-state index contributed by atoms with van der Waals surface area (Å²) in [5, 5.41) is 2.81. The third-order valence-corrected chi connectivity index (χ3v) is 8.33. The number of ketones is 1. The van der Waals surface area contributed by atoms with E-state index in [4.69, 9.17) is 0 Å². The zero-order valence-electron chi connectivity index (χ0n) is 19.0. The van der Waals surface area contributed by atoms with Gasteiger partial charge in [-0.15, -0.1) is 0 Å². The second-order valence-corrected chi connectivity index (χ2v) is 10.7. The summed E-state index contributed by atoms with van der Waals surface area (Å²) in [6, 6.07) is 11.6. The number of nitrogens with zero attached hydrogens (tertiary/aromatic N) is 2. The van der Waals surface area contributed by atoms with Gasteiger partial charge in [0.15, 0.2) is 5.78 Å². The molecule has 2 aromatic rings. The number of carbonyl (C=O) groups excluding carboxylic acids is 2. The van der Waals surface area contributed by atoms with Gasteiger partial charge in [-0.1, -0.05) is 6.42 Å². The standard InChI is InChI=1S/C25H31N3O4S/c1-19(29)20-8-11-22(12-9-20)26-25(30)21-10-13-23(27-14-4-2-5-15-27)24(18-21)33(31,32)28-16-6-3-7-17-28/h8-13,18H,2-7,14-17H2,1H3,(H,26,30).